The van der Waals surface area contributed by atoms with E-state index in [1.165, 1.54) is 6.42 Å². The fourth-order valence-corrected chi connectivity index (χ4v) is 4.10. The SMILES string of the molecule is C[C@@H]1CN(C(=O)[C@@H]2CCCN2C(=O)C2CCCCC2)CCO1. The quantitative estimate of drug-likeness (QED) is 0.781. The molecule has 0 unspecified atom stereocenters. The van der Waals surface area contributed by atoms with Gasteiger partial charge < -0.3 is 14.5 Å². The van der Waals surface area contributed by atoms with Gasteiger partial charge in [-0.25, -0.2) is 0 Å². The first-order valence-electron chi connectivity index (χ1n) is 8.87. The number of amides is 2. The highest BCUT2D eigenvalue weighted by Crippen LogP contribution is 2.29. The van der Waals surface area contributed by atoms with E-state index in [9.17, 15) is 9.59 Å². The number of ether oxygens (including phenoxy) is 1. The van der Waals surface area contributed by atoms with Crippen LogP contribution in [-0.2, 0) is 14.3 Å². The van der Waals surface area contributed by atoms with Crippen molar-refractivity contribution < 1.29 is 14.3 Å². The normalized spacial score (nSPS) is 30.6. The summed E-state index contributed by atoms with van der Waals surface area (Å²) in [5.74, 6) is 0.527. The molecule has 3 aliphatic rings. The molecule has 0 aromatic carbocycles. The van der Waals surface area contributed by atoms with Crippen molar-refractivity contribution >= 4 is 11.8 Å². The summed E-state index contributed by atoms with van der Waals surface area (Å²) in [7, 11) is 0. The largest absolute Gasteiger partial charge is 0.375 e. The highest BCUT2D eigenvalue weighted by atomic mass is 16.5. The molecule has 0 aromatic heterocycles. The highest BCUT2D eigenvalue weighted by molar-refractivity contribution is 5.89. The molecule has 22 heavy (non-hydrogen) atoms. The molecule has 0 bridgehead atoms. The van der Waals surface area contributed by atoms with Crippen molar-refractivity contribution in [2.24, 2.45) is 5.92 Å². The summed E-state index contributed by atoms with van der Waals surface area (Å²) in [5, 5.41) is 0. The predicted molar refractivity (Wildman–Crippen MR) is 83.3 cm³/mol. The maximum Gasteiger partial charge on any atom is 0.245 e. The Hall–Kier alpha value is -1.10. The van der Waals surface area contributed by atoms with Gasteiger partial charge in [-0.3, -0.25) is 9.59 Å². The first-order valence-corrected chi connectivity index (χ1v) is 8.87. The van der Waals surface area contributed by atoms with Gasteiger partial charge in [0.2, 0.25) is 11.8 Å². The Balaban J connectivity index is 1.64. The van der Waals surface area contributed by atoms with Crippen molar-refractivity contribution in [1.82, 2.24) is 9.80 Å². The van der Waals surface area contributed by atoms with E-state index in [1.54, 1.807) is 0 Å². The number of carbonyl (C=O) groups excluding carboxylic acids is 2. The molecule has 3 rings (SSSR count). The fraction of sp³-hybridized carbons (Fsp3) is 0.882. The summed E-state index contributed by atoms with van der Waals surface area (Å²) in [6, 6.07) is -0.222. The lowest BCUT2D eigenvalue weighted by Gasteiger charge is -2.36. The fourth-order valence-electron chi connectivity index (χ4n) is 4.10. The third-order valence-electron chi connectivity index (χ3n) is 5.33. The van der Waals surface area contributed by atoms with Crippen LogP contribution in [0.5, 0.6) is 0 Å². The molecule has 5 nitrogen and oxygen atoms in total. The van der Waals surface area contributed by atoms with Gasteiger partial charge in [0.05, 0.1) is 12.7 Å². The molecule has 3 fully saturated rings. The Morgan fingerprint density at radius 3 is 2.45 bits per heavy atom. The lowest BCUT2D eigenvalue weighted by atomic mass is 9.88. The molecule has 2 saturated heterocycles. The van der Waals surface area contributed by atoms with Gasteiger partial charge in [-0.05, 0) is 32.6 Å². The second kappa shape index (κ2) is 6.99. The number of nitrogens with zero attached hydrogens (tertiary/aromatic N) is 2. The van der Waals surface area contributed by atoms with Gasteiger partial charge in [0.15, 0.2) is 0 Å². The molecule has 5 heteroatoms. The van der Waals surface area contributed by atoms with E-state index in [0.29, 0.717) is 19.7 Å². The van der Waals surface area contributed by atoms with E-state index in [2.05, 4.69) is 0 Å². The maximum atomic E-state index is 12.8. The van der Waals surface area contributed by atoms with Gasteiger partial charge in [-0.15, -0.1) is 0 Å². The number of carbonyl (C=O) groups is 2. The Morgan fingerprint density at radius 2 is 1.73 bits per heavy atom. The minimum absolute atomic E-state index is 0.0987. The van der Waals surface area contributed by atoms with Crippen molar-refractivity contribution in [3.63, 3.8) is 0 Å². The second-order valence-corrected chi connectivity index (χ2v) is 6.99. The minimum Gasteiger partial charge on any atom is -0.375 e. The van der Waals surface area contributed by atoms with E-state index >= 15 is 0 Å². The summed E-state index contributed by atoms with van der Waals surface area (Å²) in [6.45, 7) is 4.67. The van der Waals surface area contributed by atoms with Gasteiger partial charge in [-0.1, -0.05) is 19.3 Å². The maximum absolute atomic E-state index is 12.8. The smallest absolute Gasteiger partial charge is 0.245 e. The van der Waals surface area contributed by atoms with Crippen LogP contribution in [0.3, 0.4) is 0 Å². The molecule has 1 aliphatic carbocycles. The Labute approximate surface area is 133 Å². The number of rotatable bonds is 2. The van der Waals surface area contributed by atoms with Crippen LogP contribution < -0.4 is 0 Å². The van der Waals surface area contributed by atoms with Gasteiger partial charge >= 0.3 is 0 Å². The van der Waals surface area contributed by atoms with Crippen LogP contribution in [0, 0.1) is 5.92 Å². The highest BCUT2D eigenvalue weighted by Gasteiger charge is 2.39. The lowest BCUT2D eigenvalue weighted by molar-refractivity contribution is -0.150. The lowest BCUT2D eigenvalue weighted by Crippen LogP contribution is -2.53. The van der Waals surface area contributed by atoms with Crippen molar-refractivity contribution in [2.45, 2.75) is 64.0 Å². The summed E-state index contributed by atoms with van der Waals surface area (Å²) < 4.78 is 5.52. The standard InChI is InChI=1S/C17H28N2O3/c1-13-12-18(10-11-22-13)17(21)15-8-5-9-19(15)16(20)14-6-3-2-4-7-14/h13-15H,2-12H2,1H3/t13-,15+/m1/s1. The summed E-state index contributed by atoms with van der Waals surface area (Å²) in [4.78, 5) is 29.4. The number of hydrogen-bond donors (Lipinski definition) is 0. The van der Waals surface area contributed by atoms with Gasteiger partial charge in [0.25, 0.3) is 0 Å². The molecular formula is C17H28N2O3. The number of hydrogen-bond acceptors (Lipinski definition) is 3. The Kier molecular flexibility index (Phi) is 5.01. The average Bonchev–Trinajstić information content (AvgIpc) is 3.04. The van der Waals surface area contributed by atoms with E-state index in [0.717, 1.165) is 45.1 Å². The molecule has 0 radical (unpaired) electrons. The zero-order valence-corrected chi connectivity index (χ0v) is 13.6. The molecule has 2 atom stereocenters. The molecule has 2 aliphatic heterocycles. The molecule has 0 N–H and O–H groups in total. The van der Waals surface area contributed by atoms with E-state index < -0.39 is 0 Å². The summed E-state index contributed by atoms with van der Waals surface area (Å²) >= 11 is 0. The van der Waals surface area contributed by atoms with Gasteiger partial charge in [-0.2, -0.15) is 0 Å². The van der Waals surface area contributed by atoms with Crippen molar-refractivity contribution in [3.8, 4) is 0 Å². The zero-order valence-electron chi connectivity index (χ0n) is 13.6. The molecule has 124 valence electrons. The topological polar surface area (TPSA) is 49.9 Å². The number of likely N-dealkylation sites (tertiary alicyclic amines) is 1. The van der Waals surface area contributed by atoms with Crippen LogP contribution in [0.1, 0.15) is 51.9 Å². The molecular weight excluding hydrogens is 280 g/mol. The van der Waals surface area contributed by atoms with Crippen LogP contribution in [0.4, 0.5) is 0 Å². The third kappa shape index (κ3) is 3.29. The molecule has 2 heterocycles. The molecule has 2 amide bonds. The van der Waals surface area contributed by atoms with Gasteiger partial charge in [0.1, 0.15) is 6.04 Å². The zero-order chi connectivity index (χ0) is 15.5. The van der Waals surface area contributed by atoms with Crippen molar-refractivity contribution in [3.05, 3.63) is 0 Å². The van der Waals surface area contributed by atoms with Gasteiger partial charge in [0, 0.05) is 25.6 Å². The summed E-state index contributed by atoms with van der Waals surface area (Å²) in [6.07, 6.45) is 7.44. The van der Waals surface area contributed by atoms with Crippen LogP contribution in [-0.4, -0.2) is 60.0 Å². The third-order valence-corrected chi connectivity index (χ3v) is 5.33. The van der Waals surface area contributed by atoms with Crippen LogP contribution in [0.15, 0.2) is 0 Å². The van der Waals surface area contributed by atoms with E-state index in [-0.39, 0.29) is 29.9 Å². The van der Waals surface area contributed by atoms with Crippen molar-refractivity contribution in [1.29, 1.82) is 0 Å². The monoisotopic (exact) mass is 308 g/mol. The predicted octanol–water partition coefficient (Wildman–Crippen LogP) is 1.80. The van der Waals surface area contributed by atoms with E-state index in [1.807, 2.05) is 16.7 Å². The molecule has 0 aromatic rings. The Morgan fingerprint density at radius 1 is 0.955 bits per heavy atom. The average molecular weight is 308 g/mol. The molecule has 1 saturated carbocycles. The first-order chi connectivity index (χ1) is 10.7. The van der Waals surface area contributed by atoms with Crippen LogP contribution in [0.2, 0.25) is 0 Å². The number of morpholine rings is 1. The van der Waals surface area contributed by atoms with Crippen LogP contribution >= 0.6 is 0 Å². The first kappa shape index (κ1) is 15.8. The molecule has 0 spiro atoms. The second-order valence-electron chi connectivity index (χ2n) is 6.99. The van der Waals surface area contributed by atoms with Crippen LogP contribution in [0.25, 0.3) is 0 Å². The summed E-state index contributed by atoms with van der Waals surface area (Å²) in [5.41, 5.74) is 0. The van der Waals surface area contributed by atoms with Crippen molar-refractivity contribution in [2.75, 3.05) is 26.2 Å². The minimum atomic E-state index is -0.222. The Bertz CT molecular complexity index is 420. The van der Waals surface area contributed by atoms with E-state index in [4.69, 9.17) is 4.74 Å².